The van der Waals surface area contributed by atoms with Crippen molar-refractivity contribution in [2.45, 2.75) is 44.8 Å². The second kappa shape index (κ2) is 5.81. The van der Waals surface area contributed by atoms with Gasteiger partial charge in [-0.05, 0) is 26.0 Å². The van der Waals surface area contributed by atoms with Crippen molar-refractivity contribution in [3.05, 3.63) is 28.5 Å². The molecule has 0 radical (unpaired) electrons. The number of amides is 1. The molecule has 0 aliphatic carbocycles. The Kier molecular flexibility index (Phi) is 4.60. The van der Waals surface area contributed by atoms with Gasteiger partial charge in [0.1, 0.15) is 5.15 Å². The lowest BCUT2D eigenvalue weighted by molar-refractivity contribution is 0.0747. The minimum absolute atomic E-state index is 0.0539. The van der Waals surface area contributed by atoms with Crippen molar-refractivity contribution in [1.82, 2.24) is 9.88 Å². The highest BCUT2D eigenvalue weighted by Crippen LogP contribution is 2.31. The predicted octanol–water partition coefficient (Wildman–Crippen LogP) is 4.00. The first-order valence-corrected chi connectivity index (χ1v) is 8.56. The molecule has 1 fully saturated rings. The second-order valence-corrected chi connectivity index (χ2v) is 9.34. The molecule has 1 aliphatic rings. The number of carbonyl (C=O) groups is 1. The van der Waals surface area contributed by atoms with E-state index < -0.39 is 0 Å². The molecule has 1 aromatic rings. The molecule has 0 N–H and O–H groups in total. The van der Waals surface area contributed by atoms with Crippen molar-refractivity contribution in [1.29, 1.82) is 0 Å². The van der Waals surface area contributed by atoms with Gasteiger partial charge in [0.15, 0.2) is 0 Å². The second-order valence-electron chi connectivity index (χ2n) is 7.15. The van der Waals surface area contributed by atoms with Crippen LogP contribution in [0.15, 0.2) is 12.1 Å². The summed E-state index contributed by atoms with van der Waals surface area (Å²) < 4.78 is 0.109. The molecule has 5 heteroatoms. The first-order chi connectivity index (χ1) is 9.58. The quantitative estimate of drug-likeness (QED) is 0.731. The van der Waals surface area contributed by atoms with Crippen molar-refractivity contribution in [2.24, 2.45) is 0 Å². The predicted molar refractivity (Wildman–Crippen MR) is 90.4 cm³/mol. The molecule has 2 heterocycles. The molecule has 1 aromatic heterocycles. The highest BCUT2D eigenvalue weighted by Gasteiger charge is 2.31. The van der Waals surface area contributed by atoms with Crippen LogP contribution in [0.2, 0.25) is 5.15 Å². The van der Waals surface area contributed by atoms with E-state index in [9.17, 15) is 4.79 Å². The standard InChI is InChI=1S/C16H23ClN2OS/c1-15(2,3)12-8-11(9-13(17)18-12)14(20)19-6-7-21-16(4,5)10-19/h8-9H,6-7,10H2,1-5H3. The number of aromatic nitrogens is 1. The Morgan fingerprint density at radius 1 is 1.38 bits per heavy atom. The van der Waals surface area contributed by atoms with Crippen LogP contribution in [0.4, 0.5) is 0 Å². The summed E-state index contributed by atoms with van der Waals surface area (Å²) >= 11 is 8.02. The molecule has 1 saturated heterocycles. The van der Waals surface area contributed by atoms with E-state index in [0.29, 0.717) is 10.7 Å². The van der Waals surface area contributed by atoms with Crippen LogP contribution < -0.4 is 0 Å². The normalized spacial score (nSPS) is 18.7. The number of rotatable bonds is 1. The smallest absolute Gasteiger partial charge is 0.254 e. The average Bonchev–Trinajstić information content (AvgIpc) is 2.35. The summed E-state index contributed by atoms with van der Waals surface area (Å²) in [6, 6.07) is 3.55. The maximum absolute atomic E-state index is 12.7. The molecule has 0 bridgehead atoms. The van der Waals surface area contributed by atoms with Crippen molar-refractivity contribution in [3.63, 3.8) is 0 Å². The molecule has 2 rings (SSSR count). The van der Waals surface area contributed by atoms with E-state index in [-0.39, 0.29) is 16.1 Å². The SMILES string of the molecule is CC1(C)CN(C(=O)c2cc(Cl)nc(C(C)(C)C)c2)CCS1. The number of carbonyl (C=O) groups excluding carboxylic acids is 1. The summed E-state index contributed by atoms with van der Waals surface area (Å²) in [7, 11) is 0. The summed E-state index contributed by atoms with van der Waals surface area (Å²) in [4.78, 5) is 19.0. The summed E-state index contributed by atoms with van der Waals surface area (Å²) in [5.41, 5.74) is 1.36. The molecule has 116 valence electrons. The summed E-state index contributed by atoms with van der Waals surface area (Å²) in [6.07, 6.45) is 0. The molecule has 0 spiro atoms. The summed E-state index contributed by atoms with van der Waals surface area (Å²) in [5, 5.41) is 0.386. The minimum atomic E-state index is -0.128. The molecule has 0 saturated carbocycles. The molecule has 3 nitrogen and oxygen atoms in total. The number of hydrogen-bond acceptors (Lipinski definition) is 3. The Morgan fingerprint density at radius 3 is 2.62 bits per heavy atom. The van der Waals surface area contributed by atoms with Gasteiger partial charge in [0.2, 0.25) is 0 Å². The van der Waals surface area contributed by atoms with Gasteiger partial charge in [0.25, 0.3) is 5.91 Å². The van der Waals surface area contributed by atoms with Gasteiger partial charge in [-0.15, -0.1) is 0 Å². The van der Waals surface area contributed by atoms with Crippen molar-refractivity contribution >= 4 is 29.3 Å². The van der Waals surface area contributed by atoms with Crippen LogP contribution in [0, 0.1) is 0 Å². The third kappa shape index (κ3) is 4.13. The Labute approximate surface area is 136 Å². The van der Waals surface area contributed by atoms with Crippen molar-refractivity contribution in [2.75, 3.05) is 18.8 Å². The van der Waals surface area contributed by atoms with Gasteiger partial charge >= 0.3 is 0 Å². The largest absolute Gasteiger partial charge is 0.336 e. The van der Waals surface area contributed by atoms with Gasteiger partial charge in [-0.1, -0.05) is 32.4 Å². The molecule has 0 aromatic carbocycles. The van der Waals surface area contributed by atoms with Crippen LogP contribution in [0.5, 0.6) is 0 Å². The third-order valence-electron chi connectivity index (χ3n) is 3.52. The highest BCUT2D eigenvalue weighted by atomic mass is 35.5. The lowest BCUT2D eigenvalue weighted by atomic mass is 9.90. The Hall–Kier alpha value is -0.740. The topological polar surface area (TPSA) is 33.2 Å². The molecule has 0 unspecified atom stereocenters. The van der Waals surface area contributed by atoms with Crippen LogP contribution >= 0.6 is 23.4 Å². The average molecular weight is 327 g/mol. The van der Waals surface area contributed by atoms with Crippen molar-refractivity contribution < 1.29 is 4.79 Å². The molecule has 1 amide bonds. The zero-order valence-electron chi connectivity index (χ0n) is 13.4. The van der Waals surface area contributed by atoms with Gasteiger partial charge in [-0.3, -0.25) is 4.79 Å². The van der Waals surface area contributed by atoms with Gasteiger partial charge in [0.05, 0.1) is 0 Å². The van der Waals surface area contributed by atoms with E-state index in [0.717, 1.165) is 24.5 Å². The number of thioether (sulfide) groups is 1. The van der Waals surface area contributed by atoms with Gasteiger partial charge in [-0.25, -0.2) is 4.98 Å². The minimum Gasteiger partial charge on any atom is -0.336 e. The molecular formula is C16H23ClN2OS. The van der Waals surface area contributed by atoms with Crippen LogP contribution in [-0.2, 0) is 5.41 Å². The first kappa shape index (κ1) is 16.6. The van der Waals surface area contributed by atoms with Crippen LogP contribution in [-0.4, -0.2) is 39.4 Å². The van der Waals surface area contributed by atoms with E-state index in [4.69, 9.17) is 11.6 Å². The molecule has 21 heavy (non-hydrogen) atoms. The lowest BCUT2D eigenvalue weighted by Gasteiger charge is -2.37. The maximum Gasteiger partial charge on any atom is 0.254 e. The fourth-order valence-electron chi connectivity index (χ4n) is 2.38. The maximum atomic E-state index is 12.7. The van der Waals surface area contributed by atoms with Crippen molar-refractivity contribution in [3.8, 4) is 0 Å². The molecule has 1 aliphatic heterocycles. The van der Waals surface area contributed by atoms with Crippen LogP contribution in [0.3, 0.4) is 0 Å². The zero-order valence-corrected chi connectivity index (χ0v) is 14.9. The Balaban J connectivity index is 2.29. The summed E-state index contributed by atoms with van der Waals surface area (Å²) in [6.45, 7) is 12.1. The number of hydrogen-bond donors (Lipinski definition) is 0. The van der Waals surface area contributed by atoms with E-state index in [1.807, 2.05) is 22.7 Å². The third-order valence-corrected chi connectivity index (χ3v) is 5.01. The fraction of sp³-hybridized carbons (Fsp3) is 0.625. The number of nitrogens with zero attached hydrogens (tertiary/aromatic N) is 2. The van der Waals surface area contributed by atoms with Crippen LogP contribution in [0.25, 0.3) is 0 Å². The van der Waals surface area contributed by atoms with E-state index in [2.05, 4.69) is 39.6 Å². The van der Waals surface area contributed by atoms with Crippen LogP contribution in [0.1, 0.15) is 50.7 Å². The molecular weight excluding hydrogens is 304 g/mol. The summed E-state index contributed by atoms with van der Waals surface area (Å²) in [5.74, 6) is 1.03. The Morgan fingerprint density at radius 2 is 2.05 bits per heavy atom. The Bertz CT molecular complexity index is 552. The van der Waals surface area contributed by atoms with E-state index in [1.54, 1.807) is 6.07 Å². The fourth-order valence-corrected chi connectivity index (χ4v) is 3.70. The number of pyridine rings is 1. The van der Waals surface area contributed by atoms with Gasteiger partial charge < -0.3 is 4.90 Å². The van der Waals surface area contributed by atoms with Gasteiger partial charge in [0, 0.05) is 40.3 Å². The molecule has 0 atom stereocenters. The first-order valence-electron chi connectivity index (χ1n) is 7.20. The van der Waals surface area contributed by atoms with E-state index in [1.165, 1.54) is 0 Å². The highest BCUT2D eigenvalue weighted by molar-refractivity contribution is 8.00. The van der Waals surface area contributed by atoms with Gasteiger partial charge in [-0.2, -0.15) is 11.8 Å². The van der Waals surface area contributed by atoms with E-state index >= 15 is 0 Å². The monoisotopic (exact) mass is 326 g/mol. The zero-order chi connectivity index (χ0) is 15.8. The lowest BCUT2D eigenvalue weighted by Crippen LogP contribution is -2.46. The number of halogens is 1.